The molecule has 1 aromatic carbocycles. The summed E-state index contributed by atoms with van der Waals surface area (Å²) in [7, 11) is 0. The van der Waals surface area contributed by atoms with Gasteiger partial charge in [0, 0.05) is 18.0 Å². The Kier molecular flexibility index (Phi) is 4.42. The molecule has 0 aliphatic carbocycles. The second kappa shape index (κ2) is 6.25. The van der Waals surface area contributed by atoms with Crippen molar-refractivity contribution >= 4 is 23.3 Å². The molecule has 104 valence electrons. The lowest BCUT2D eigenvalue weighted by molar-refractivity contribution is 0.0492. The van der Waals surface area contributed by atoms with Crippen LogP contribution in [0.2, 0.25) is 5.02 Å². The zero-order valence-electron chi connectivity index (χ0n) is 10.6. The number of ether oxygens (including phenoxy) is 1. The zero-order chi connectivity index (χ0) is 14.5. The summed E-state index contributed by atoms with van der Waals surface area (Å²) >= 11 is 5.91. The molecule has 0 aliphatic heterocycles. The summed E-state index contributed by atoms with van der Waals surface area (Å²) in [6.45, 7) is 0.336. The molecule has 0 spiro atoms. The fourth-order valence-corrected chi connectivity index (χ4v) is 1.97. The second-order valence-corrected chi connectivity index (χ2v) is 4.48. The highest BCUT2D eigenvalue weighted by molar-refractivity contribution is 6.34. The minimum absolute atomic E-state index is 0.0629. The molecule has 0 bridgehead atoms. The van der Waals surface area contributed by atoms with E-state index in [9.17, 15) is 9.59 Å². The summed E-state index contributed by atoms with van der Waals surface area (Å²) in [5.41, 5.74) is 5.95. The average Bonchev–Trinajstić information content (AvgIpc) is 2.41. The van der Waals surface area contributed by atoms with Crippen LogP contribution in [-0.4, -0.2) is 17.1 Å². The number of pyridine rings is 1. The van der Waals surface area contributed by atoms with Crippen molar-refractivity contribution in [2.45, 2.75) is 6.54 Å². The number of nitrogen functional groups attached to an aromatic ring is 1. The number of anilines is 1. The van der Waals surface area contributed by atoms with Crippen LogP contribution in [-0.2, 0) is 11.3 Å². The van der Waals surface area contributed by atoms with Crippen molar-refractivity contribution < 1.29 is 9.53 Å². The van der Waals surface area contributed by atoms with Crippen LogP contribution < -0.4 is 11.3 Å². The van der Waals surface area contributed by atoms with Crippen molar-refractivity contribution in [3.05, 3.63) is 63.5 Å². The van der Waals surface area contributed by atoms with Gasteiger partial charge in [-0.15, -0.1) is 0 Å². The number of rotatable bonds is 4. The Bertz CT molecular complexity index is 662. The minimum Gasteiger partial charge on any atom is -0.460 e. The van der Waals surface area contributed by atoms with Crippen LogP contribution in [0.5, 0.6) is 0 Å². The number of nitrogens with zero attached hydrogens (tertiary/aromatic N) is 1. The number of carbonyl (C=O) groups excluding carboxylic acids is 1. The maximum absolute atomic E-state index is 11.9. The number of halogens is 1. The topological polar surface area (TPSA) is 74.3 Å². The Labute approximate surface area is 120 Å². The van der Waals surface area contributed by atoms with E-state index in [0.29, 0.717) is 0 Å². The van der Waals surface area contributed by atoms with E-state index in [1.165, 1.54) is 10.6 Å². The SMILES string of the molecule is Nc1cccc(Cl)c1C(=O)OCCn1ccccc1=O. The van der Waals surface area contributed by atoms with Crippen LogP contribution in [0, 0.1) is 0 Å². The Morgan fingerprint density at radius 1 is 1.25 bits per heavy atom. The maximum Gasteiger partial charge on any atom is 0.341 e. The van der Waals surface area contributed by atoms with Crippen LogP contribution in [0.1, 0.15) is 10.4 Å². The number of aromatic nitrogens is 1. The Hall–Kier alpha value is -2.27. The van der Waals surface area contributed by atoms with Crippen LogP contribution in [0.15, 0.2) is 47.4 Å². The first-order chi connectivity index (χ1) is 9.59. The predicted molar refractivity (Wildman–Crippen MR) is 76.8 cm³/mol. The van der Waals surface area contributed by atoms with Gasteiger partial charge in [-0.05, 0) is 18.2 Å². The van der Waals surface area contributed by atoms with Gasteiger partial charge in [0.2, 0.25) is 0 Å². The number of nitrogens with two attached hydrogens (primary N) is 1. The number of carbonyl (C=O) groups is 1. The molecule has 20 heavy (non-hydrogen) atoms. The van der Waals surface area contributed by atoms with Gasteiger partial charge in [-0.25, -0.2) is 4.79 Å². The van der Waals surface area contributed by atoms with Gasteiger partial charge in [-0.1, -0.05) is 23.7 Å². The second-order valence-electron chi connectivity index (χ2n) is 4.07. The van der Waals surface area contributed by atoms with E-state index in [-0.39, 0.29) is 35.0 Å². The molecule has 0 amide bonds. The molecule has 2 N–H and O–H groups in total. The molecule has 0 saturated carbocycles. The van der Waals surface area contributed by atoms with Crippen molar-refractivity contribution in [1.82, 2.24) is 4.57 Å². The highest BCUT2D eigenvalue weighted by atomic mass is 35.5. The Morgan fingerprint density at radius 3 is 2.75 bits per heavy atom. The molecule has 0 radical (unpaired) electrons. The summed E-state index contributed by atoms with van der Waals surface area (Å²) < 4.78 is 6.53. The molecule has 0 saturated heterocycles. The van der Waals surface area contributed by atoms with E-state index in [1.54, 1.807) is 36.5 Å². The predicted octanol–water partition coefficient (Wildman–Crippen LogP) is 1.94. The molecule has 2 rings (SSSR count). The highest BCUT2D eigenvalue weighted by Gasteiger charge is 2.15. The van der Waals surface area contributed by atoms with E-state index < -0.39 is 5.97 Å². The summed E-state index contributed by atoms with van der Waals surface area (Å²) in [5.74, 6) is -0.600. The molecule has 0 fully saturated rings. The average molecular weight is 293 g/mol. The van der Waals surface area contributed by atoms with Gasteiger partial charge >= 0.3 is 5.97 Å². The van der Waals surface area contributed by atoms with E-state index in [0.717, 1.165) is 0 Å². The molecule has 0 atom stereocenters. The standard InChI is InChI=1S/C14H13ClN2O3/c15-10-4-3-5-11(16)13(10)14(19)20-9-8-17-7-2-1-6-12(17)18/h1-7H,8-9,16H2. The molecule has 2 aromatic rings. The highest BCUT2D eigenvalue weighted by Crippen LogP contribution is 2.22. The lowest BCUT2D eigenvalue weighted by Crippen LogP contribution is -2.21. The van der Waals surface area contributed by atoms with Crippen LogP contribution in [0.25, 0.3) is 0 Å². The summed E-state index contributed by atoms with van der Waals surface area (Å²) in [5, 5.41) is 0.242. The maximum atomic E-state index is 11.9. The van der Waals surface area contributed by atoms with Gasteiger partial charge in [-0.2, -0.15) is 0 Å². The van der Waals surface area contributed by atoms with E-state index in [4.69, 9.17) is 22.1 Å². The number of benzene rings is 1. The lowest BCUT2D eigenvalue weighted by atomic mass is 10.2. The largest absolute Gasteiger partial charge is 0.460 e. The first kappa shape index (κ1) is 14.1. The minimum atomic E-state index is -0.600. The smallest absolute Gasteiger partial charge is 0.341 e. The molecule has 0 unspecified atom stereocenters. The first-order valence-corrected chi connectivity index (χ1v) is 6.34. The molecule has 5 nitrogen and oxygen atoms in total. The third-order valence-corrected chi connectivity index (χ3v) is 3.03. The van der Waals surface area contributed by atoms with Crippen molar-refractivity contribution in [2.75, 3.05) is 12.3 Å². The normalized spacial score (nSPS) is 10.2. The van der Waals surface area contributed by atoms with Crippen molar-refractivity contribution in [3.63, 3.8) is 0 Å². The van der Waals surface area contributed by atoms with Crippen molar-refractivity contribution in [3.8, 4) is 0 Å². The zero-order valence-corrected chi connectivity index (χ0v) is 11.3. The third-order valence-electron chi connectivity index (χ3n) is 2.71. The van der Waals surface area contributed by atoms with Crippen LogP contribution >= 0.6 is 11.6 Å². The van der Waals surface area contributed by atoms with E-state index in [2.05, 4.69) is 0 Å². The van der Waals surface area contributed by atoms with Gasteiger partial charge in [0.1, 0.15) is 12.2 Å². The van der Waals surface area contributed by atoms with Gasteiger partial charge in [0.15, 0.2) is 0 Å². The summed E-state index contributed by atoms with van der Waals surface area (Å²) in [6.07, 6.45) is 1.63. The summed E-state index contributed by atoms with van der Waals surface area (Å²) in [4.78, 5) is 23.3. The number of hydrogen-bond acceptors (Lipinski definition) is 4. The van der Waals surface area contributed by atoms with Gasteiger partial charge < -0.3 is 15.0 Å². The van der Waals surface area contributed by atoms with Gasteiger partial charge in [-0.3, -0.25) is 4.79 Å². The summed E-state index contributed by atoms with van der Waals surface area (Å²) in [6, 6.07) is 9.61. The lowest BCUT2D eigenvalue weighted by Gasteiger charge is -2.09. The first-order valence-electron chi connectivity index (χ1n) is 5.96. The molecule has 0 aliphatic rings. The monoisotopic (exact) mass is 292 g/mol. The number of hydrogen-bond donors (Lipinski definition) is 1. The van der Waals surface area contributed by atoms with Crippen molar-refractivity contribution in [1.29, 1.82) is 0 Å². The molecule has 6 heteroatoms. The fraction of sp³-hybridized carbons (Fsp3) is 0.143. The molecule has 1 aromatic heterocycles. The number of esters is 1. The van der Waals surface area contributed by atoms with Crippen LogP contribution in [0.4, 0.5) is 5.69 Å². The van der Waals surface area contributed by atoms with E-state index in [1.807, 2.05) is 0 Å². The molecule has 1 heterocycles. The Morgan fingerprint density at radius 2 is 2.05 bits per heavy atom. The molecular weight excluding hydrogens is 280 g/mol. The van der Waals surface area contributed by atoms with E-state index >= 15 is 0 Å². The van der Waals surface area contributed by atoms with Gasteiger partial charge in [0.05, 0.1) is 11.6 Å². The quantitative estimate of drug-likeness (QED) is 0.690. The Balaban J connectivity index is 2.00. The molecular formula is C14H13ClN2O3. The third kappa shape index (κ3) is 3.19. The van der Waals surface area contributed by atoms with Crippen LogP contribution in [0.3, 0.4) is 0 Å². The van der Waals surface area contributed by atoms with Gasteiger partial charge in [0.25, 0.3) is 5.56 Å². The van der Waals surface area contributed by atoms with Crippen molar-refractivity contribution in [2.24, 2.45) is 0 Å². The fourth-order valence-electron chi connectivity index (χ4n) is 1.71.